The van der Waals surface area contributed by atoms with Gasteiger partial charge in [-0.2, -0.15) is 0 Å². The normalized spacial score (nSPS) is 20.0. The van der Waals surface area contributed by atoms with Crippen molar-refractivity contribution in [2.45, 2.75) is 51.2 Å². The Hall–Kier alpha value is -1.59. The lowest BCUT2D eigenvalue weighted by atomic mass is 9.98. The zero-order chi connectivity index (χ0) is 18.2. The lowest BCUT2D eigenvalue weighted by molar-refractivity contribution is -0.138. The van der Waals surface area contributed by atoms with Gasteiger partial charge in [-0.05, 0) is 37.0 Å². The molecule has 1 aromatic rings. The van der Waals surface area contributed by atoms with Crippen LogP contribution in [-0.4, -0.2) is 61.7 Å². The predicted molar refractivity (Wildman–Crippen MR) is 102 cm³/mol. The Bertz CT molecular complexity index is 555. The smallest absolute Gasteiger partial charge is 0.248 e. The maximum atomic E-state index is 12.5. The fourth-order valence-corrected chi connectivity index (χ4v) is 3.88. The molecule has 0 spiro atoms. The van der Waals surface area contributed by atoms with E-state index in [0.717, 1.165) is 57.7 Å². The van der Waals surface area contributed by atoms with Crippen LogP contribution in [-0.2, 0) is 16.1 Å². The summed E-state index contributed by atoms with van der Waals surface area (Å²) < 4.78 is 11.1. The molecule has 1 aliphatic heterocycles. The molecule has 1 amide bonds. The van der Waals surface area contributed by atoms with Gasteiger partial charge >= 0.3 is 0 Å². The van der Waals surface area contributed by atoms with Gasteiger partial charge in [-0.25, -0.2) is 0 Å². The Balaban J connectivity index is 1.42. The summed E-state index contributed by atoms with van der Waals surface area (Å²) in [7, 11) is 1.69. The van der Waals surface area contributed by atoms with E-state index in [1.54, 1.807) is 7.11 Å². The van der Waals surface area contributed by atoms with Gasteiger partial charge in [0.2, 0.25) is 5.91 Å². The highest BCUT2D eigenvalue weighted by Gasteiger charge is 2.21. The van der Waals surface area contributed by atoms with Crippen LogP contribution >= 0.6 is 0 Å². The number of hydrogen-bond acceptors (Lipinski definition) is 4. The highest BCUT2D eigenvalue weighted by Crippen LogP contribution is 2.20. The van der Waals surface area contributed by atoms with E-state index in [1.807, 2.05) is 17.0 Å². The molecular formula is C21H32N2O3. The van der Waals surface area contributed by atoms with E-state index in [-0.39, 0.29) is 12.5 Å². The van der Waals surface area contributed by atoms with Gasteiger partial charge < -0.3 is 14.4 Å². The molecule has 1 heterocycles. The molecule has 1 saturated carbocycles. The van der Waals surface area contributed by atoms with Crippen molar-refractivity contribution in [3.63, 3.8) is 0 Å². The van der Waals surface area contributed by atoms with Crippen LogP contribution in [0.1, 0.15) is 44.1 Å². The van der Waals surface area contributed by atoms with Crippen molar-refractivity contribution < 1.29 is 14.3 Å². The standard InChI is InChI=1S/C21H32N2O3/c1-25-19-10-8-18(9-11-19)16-22-12-5-13-23(15-14-22)21(24)17-26-20-6-3-2-4-7-20/h8-11,20H,2-7,12-17H2,1H3. The first-order valence-corrected chi connectivity index (χ1v) is 9.99. The first kappa shape index (κ1) is 19.2. The van der Waals surface area contributed by atoms with Crippen LogP contribution in [0.4, 0.5) is 0 Å². The highest BCUT2D eigenvalue weighted by atomic mass is 16.5. The van der Waals surface area contributed by atoms with Crippen LogP contribution in [0.3, 0.4) is 0 Å². The molecule has 26 heavy (non-hydrogen) atoms. The Kier molecular flexibility index (Phi) is 7.32. The second-order valence-corrected chi connectivity index (χ2v) is 7.43. The topological polar surface area (TPSA) is 42.0 Å². The molecule has 0 atom stereocenters. The van der Waals surface area contributed by atoms with Gasteiger partial charge in [0, 0.05) is 32.7 Å². The zero-order valence-electron chi connectivity index (χ0n) is 16.0. The van der Waals surface area contributed by atoms with E-state index in [1.165, 1.54) is 24.8 Å². The van der Waals surface area contributed by atoms with Gasteiger partial charge in [-0.1, -0.05) is 31.4 Å². The number of carbonyl (C=O) groups excluding carboxylic acids is 1. The lowest BCUT2D eigenvalue weighted by Crippen LogP contribution is -2.38. The average molecular weight is 360 g/mol. The van der Waals surface area contributed by atoms with Crippen molar-refractivity contribution in [2.24, 2.45) is 0 Å². The summed E-state index contributed by atoms with van der Waals surface area (Å²) in [4.78, 5) is 16.9. The molecule has 0 radical (unpaired) electrons. The van der Waals surface area contributed by atoms with E-state index >= 15 is 0 Å². The van der Waals surface area contributed by atoms with Crippen LogP contribution in [0.25, 0.3) is 0 Å². The van der Waals surface area contributed by atoms with Gasteiger partial charge in [-0.3, -0.25) is 9.69 Å². The summed E-state index contributed by atoms with van der Waals surface area (Å²) in [5.41, 5.74) is 1.28. The van der Waals surface area contributed by atoms with Gasteiger partial charge in [0.1, 0.15) is 12.4 Å². The van der Waals surface area contributed by atoms with E-state index in [2.05, 4.69) is 17.0 Å². The fraction of sp³-hybridized carbons (Fsp3) is 0.667. The molecule has 3 rings (SSSR count). The maximum absolute atomic E-state index is 12.5. The van der Waals surface area contributed by atoms with Crippen molar-refractivity contribution in [1.82, 2.24) is 9.80 Å². The number of methoxy groups -OCH3 is 1. The van der Waals surface area contributed by atoms with Crippen molar-refractivity contribution in [1.29, 1.82) is 0 Å². The van der Waals surface area contributed by atoms with E-state index in [0.29, 0.717) is 6.10 Å². The maximum Gasteiger partial charge on any atom is 0.248 e. The number of carbonyl (C=O) groups is 1. The molecule has 0 N–H and O–H groups in total. The zero-order valence-corrected chi connectivity index (χ0v) is 16.0. The van der Waals surface area contributed by atoms with Crippen LogP contribution in [0.15, 0.2) is 24.3 Å². The first-order valence-electron chi connectivity index (χ1n) is 9.99. The van der Waals surface area contributed by atoms with Crippen LogP contribution in [0.2, 0.25) is 0 Å². The number of benzene rings is 1. The van der Waals surface area contributed by atoms with E-state index in [4.69, 9.17) is 9.47 Å². The van der Waals surface area contributed by atoms with Crippen LogP contribution < -0.4 is 4.74 Å². The Morgan fingerprint density at radius 2 is 1.77 bits per heavy atom. The number of nitrogens with zero attached hydrogens (tertiary/aromatic N) is 2. The summed E-state index contributed by atoms with van der Waals surface area (Å²) in [6, 6.07) is 8.24. The molecule has 2 fully saturated rings. The second kappa shape index (κ2) is 9.93. The summed E-state index contributed by atoms with van der Waals surface area (Å²) in [5, 5.41) is 0. The van der Waals surface area contributed by atoms with Crippen molar-refractivity contribution in [2.75, 3.05) is 39.9 Å². The molecule has 5 heteroatoms. The summed E-state index contributed by atoms with van der Waals surface area (Å²) in [6.45, 7) is 4.75. The van der Waals surface area contributed by atoms with Gasteiger partial charge in [0.15, 0.2) is 0 Å². The first-order chi connectivity index (χ1) is 12.7. The van der Waals surface area contributed by atoms with Crippen molar-refractivity contribution >= 4 is 5.91 Å². The molecule has 2 aliphatic rings. The third-order valence-electron chi connectivity index (χ3n) is 5.50. The molecule has 1 saturated heterocycles. The lowest BCUT2D eigenvalue weighted by Gasteiger charge is -2.25. The summed E-state index contributed by atoms with van der Waals surface area (Å²) in [5.74, 6) is 1.04. The summed E-state index contributed by atoms with van der Waals surface area (Å²) >= 11 is 0. The number of ether oxygens (including phenoxy) is 2. The van der Waals surface area contributed by atoms with Gasteiger partial charge in [0.05, 0.1) is 13.2 Å². The third kappa shape index (κ3) is 5.71. The molecule has 0 aromatic heterocycles. The largest absolute Gasteiger partial charge is 0.497 e. The SMILES string of the molecule is COc1ccc(CN2CCCN(C(=O)COC3CCCCC3)CC2)cc1. The Morgan fingerprint density at radius 1 is 1.00 bits per heavy atom. The third-order valence-corrected chi connectivity index (χ3v) is 5.50. The van der Waals surface area contributed by atoms with Crippen molar-refractivity contribution in [3.8, 4) is 5.75 Å². The molecule has 1 aliphatic carbocycles. The molecule has 1 aromatic carbocycles. The molecular weight excluding hydrogens is 328 g/mol. The number of hydrogen-bond donors (Lipinski definition) is 0. The van der Waals surface area contributed by atoms with Crippen molar-refractivity contribution in [3.05, 3.63) is 29.8 Å². The van der Waals surface area contributed by atoms with E-state index in [9.17, 15) is 4.79 Å². The minimum atomic E-state index is 0.155. The molecule has 5 nitrogen and oxygen atoms in total. The second-order valence-electron chi connectivity index (χ2n) is 7.43. The predicted octanol–water partition coefficient (Wildman–Crippen LogP) is 3.08. The minimum absolute atomic E-state index is 0.155. The van der Waals surface area contributed by atoms with Gasteiger partial charge in [-0.15, -0.1) is 0 Å². The molecule has 0 bridgehead atoms. The van der Waals surface area contributed by atoms with E-state index < -0.39 is 0 Å². The molecule has 144 valence electrons. The van der Waals surface area contributed by atoms with Gasteiger partial charge in [0.25, 0.3) is 0 Å². The summed E-state index contributed by atoms with van der Waals surface area (Å²) in [6.07, 6.45) is 7.33. The molecule has 0 unspecified atom stereocenters. The fourth-order valence-electron chi connectivity index (χ4n) is 3.88. The highest BCUT2D eigenvalue weighted by molar-refractivity contribution is 5.77. The minimum Gasteiger partial charge on any atom is -0.497 e. The number of amides is 1. The van der Waals surface area contributed by atoms with Crippen LogP contribution in [0, 0.1) is 0 Å². The monoisotopic (exact) mass is 360 g/mol. The quantitative estimate of drug-likeness (QED) is 0.782. The average Bonchev–Trinajstić information content (AvgIpc) is 2.93. The Labute approximate surface area is 157 Å². The number of rotatable bonds is 6. The Morgan fingerprint density at radius 3 is 2.50 bits per heavy atom. The van der Waals surface area contributed by atoms with Crippen LogP contribution in [0.5, 0.6) is 5.75 Å².